The summed E-state index contributed by atoms with van der Waals surface area (Å²) in [5.74, 6) is 1.38. The second-order valence-electron chi connectivity index (χ2n) is 6.63. The molecule has 1 aromatic carbocycles. The fourth-order valence-corrected chi connectivity index (χ4v) is 3.20. The summed E-state index contributed by atoms with van der Waals surface area (Å²) in [5.41, 5.74) is 0.583. The number of likely N-dealkylation sites (tertiary alicyclic amines) is 1. The van der Waals surface area contributed by atoms with Gasteiger partial charge in [-0.25, -0.2) is 0 Å². The van der Waals surface area contributed by atoms with Crippen molar-refractivity contribution in [2.75, 3.05) is 18.4 Å². The molecule has 0 aliphatic carbocycles. The molecular formula is C18H26N2O3. The Morgan fingerprint density at radius 2 is 1.83 bits per heavy atom. The minimum Gasteiger partial charge on any atom is -0.479 e. The number of benzene rings is 1. The van der Waals surface area contributed by atoms with E-state index in [0.717, 1.165) is 19.5 Å². The number of rotatable bonds is 4. The zero-order valence-electron chi connectivity index (χ0n) is 14.3. The van der Waals surface area contributed by atoms with Crippen LogP contribution in [0.15, 0.2) is 24.3 Å². The lowest BCUT2D eigenvalue weighted by Crippen LogP contribution is -2.47. The van der Waals surface area contributed by atoms with Crippen LogP contribution >= 0.6 is 0 Å². The lowest BCUT2D eigenvalue weighted by atomic mass is 9.91. The van der Waals surface area contributed by atoms with Gasteiger partial charge >= 0.3 is 0 Å². The van der Waals surface area contributed by atoms with E-state index in [1.165, 1.54) is 6.92 Å². The molecule has 5 heteroatoms. The van der Waals surface area contributed by atoms with Gasteiger partial charge in [-0.05, 0) is 37.3 Å². The molecule has 0 bridgehead atoms. The lowest BCUT2D eigenvalue weighted by Gasteiger charge is -2.36. The normalized spacial score (nSPS) is 22.3. The van der Waals surface area contributed by atoms with Gasteiger partial charge in [-0.1, -0.05) is 26.0 Å². The first-order valence-corrected chi connectivity index (χ1v) is 8.19. The molecule has 2 rings (SSSR count). The molecule has 1 fully saturated rings. The van der Waals surface area contributed by atoms with E-state index >= 15 is 0 Å². The molecule has 1 saturated heterocycles. The predicted molar refractivity (Wildman–Crippen MR) is 90.4 cm³/mol. The summed E-state index contributed by atoms with van der Waals surface area (Å²) in [4.78, 5) is 25.8. The maximum absolute atomic E-state index is 12.6. The molecule has 126 valence electrons. The minimum atomic E-state index is -0.581. The van der Waals surface area contributed by atoms with Crippen LogP contribution in [0.4, 0.5) is 5.69 Å². The van der Waals surface area contributed by atoms with Crippen LogP contribution in [0.1, 0.15) is 34.1 Å². The first-order valence-electron chi connectivity index (χ1n) is 8.19. The standard InChI is InChI=1S/C18H26N2O3/c1-12-9-13(2)11-20(10-12)18(22)14(3)23-17-8-6-5-7-16(17)19-15(4)21/h5-8,12-14H,9-11H2,1-4H3,(H,19,21)/t12-,13+,14-/m1/s1. The highest BCUT2D eigenvalue weighted by Crippen LogP contribution is 2.26. The van der Waals surface area contributed by atoms with Crippen molar-refractivity contribution < 1.29 is 14.3 Å². The predicted octanol–water partition coefficient (Wildman–Crippen LogP) is 2.92. The van der Waals surface area contributed by atoms with Crippen molar-refractivity contribution >= 4 is 17.5 Å². The largest absolute Gasteiger partial charge is 0.479 e. The molecule has 0 spiro atoms. The molecule has 2 amide bonds. The molecule has 1 N–H and O–H groups in total. The summed E-state index contributed by atoms with van der Waals surface area (Å²) >= 11 is 0. The summed E-state index contributed by atoms with van der Waals surface area (Å²) in [5, 5.41) is 2.72. The quantitative estimate of drug-likeness (QED) is 0.928. The number of ether oxygens (including phenoxy) is 1. The highest BCUT2D eigenvalue weighted by molar-refractivity contribution is 5.90. The van der Waals surface area contributed by atoms with E-state index in [2.05, 4.69) is 19.2 Å². The molecule has 5 nitrogen and oxygen atoms in total. The van der Waals surface area contributed by atoms with E-state index in [9.17, 15) is 9.59 Å². The summed E-state index contributed by atoms with van der Waals surface area (Å²) in [6.45, 7) is 9.12. The third-order valence-corrected chi connectivity index (χ3v) is 4.03. The summed E-state index contributed by atoms with van der Waals surface area (Å²) < 4.78 is 5.83. The van der Waals surface area contributed by atoms with Gasteiger partial charge < -0.3 is 15.0 Å². The molecule has 1 aromatic rings. The summed E-state index contributed by atoms with van der Waals surface area (Å²) in [6.07, 6.45) is 0.576. The number of nitrogens with one attached hydrogen (secondary N) is 1. The van der Waals surface area contributed by atoms with Crippen LogP contribution < -0.4 is 10.1 Å². The number of carbonyl (C=O) groups excluding carboxylic acids is 2. The number of anilines is 1. The second-order valence-corrected chi connectivity index (χ2v) is 6.63. The molecule has 0 unspecified atom stereocenters. The van der Waals surface area contributed by atoms with Crippen molar-refractivity contribution in [3.05, 3.63) is 24.3 Å². The molecule has 1 heterocycles. The Morgan fingerprint density at radius 3 is 2.43 bits per heavy atom. The first kappa shape index (κ1) is 17.3. The van der Waals surface area contributed by atoms with Gasteiger partial charge in [-0.15, -0.1) is 0 Å². The van der Waals surface area contributed by atoms with Crippen LogP contribution in [0.5, 0.6) is 5.75 Å². The Kier molecular flexibility index (Phi) is 5.64. The van der Waals surface area contributed by atoms with E-state index in [4.69, 9.17) is 4.74 Å². The van der Waals surface area contributed by atoms with Crippen LogP contribution in [0.2, 0.25) is 0 Å². The van der Waals surface area contributed by atoms with Gasteiger partial charge in [0.15, 0.2) is 6.10 Å². The number of hydrogen-bond acceptors (Lipinski definition) is 3. The maximum Gasteiger partial charge on any atom is 0.263 e. The van der Waals surface area contributed by atoms with Crippen molar-refractivity contribution in [1.29, 1.82) is 0 Å². The summed E-state index contributed by atoms with van der Waals surface area (Å²) in [7, 11) is 0. The van der Waals surface area contributed by atoms with E-state index in [1.807, 2.05) is 17.0 Å². The van der Waals surface area contributed by atoms with Crippen molar-refractivity contribution in [3.63, 3.8) is 0 Å². The molecule has 0 radical (unpaired) electrons. The fourth-order valence-electron chi connectivity index (χ4n) is 3.20. The average Bonchev–Trinajstić information content (AvgIpc) is 2.47. The minimum absolute atomic E-state index is 0.000952. The maximum atomic E-state index is 12.6. The van der Waals surface area contributed by atoms with Crippen LogP contribution in [0.25, 0.3) is 0 Å². The Balaban J connectivity index is 2.05. The third-order valence-electron chi connectivity index (χ3n) is 4.03. The highest BCUT2D eigenvalue weighted by atomic mass is 16.5. The second kappa shape index (κ2) is 7.49. The third kappa shape index (κ3) is 4.71. The van der Waals surface area contributed by atoms with Crippen molar-refractivity contribution in [2.24, 2.45) is 11.8 Å². The number of nitrogens with zero attached hydrogens (tertiary/aromatic N) is 1. The van der Waals surface area contributed by atoms with Crippen LogP contribution in [-0.4, -0.2) is 35.9 Å². The van der Waals surface area contributed by atoms with Gasteiger partial charge in [0.1, 0.15) is 5.75 Å². The number of carbonyl (C=O) groups is 2. The molecule has 1 aliphatic rings. The number of hydrogen-bond donors (Lipinski definition) is 1. The Labute approximate surface area is 138 Å². The Bertz CT molecular complexity index is 563. The van der Waals surface area contributed by atoms with Gasteiger partial charge in [-0.3, -0.25) is 9.59 Å². The van der Waals surface area contributed by atoms with Gasteiger partial charge in [0.2, 0.25) is 5.91 Å². The van der Waals surface area contributed by atoms with E-state index < -0.39 is 6.10 Å². The topological polar surface area (TPSA) is 58.6 Å². The molecular weight excluding hydrogens is 292 g/mol. The van der Waals surface area contributed by atoms with Crippen molar-refractivity contribution in [3.8, 4) is 5.75 Å². The van der Waals surface area contributed by atoms with Crippen molar-refractivity contribution in [1.82, 2.24) is 4.90 Å². The number of piperidine rings is 1. The molecule has 0 saturated carbocycles. The number of amides is 2. The van der Waals surface area contributed by atoms with E-state index in [1.54, 1.807) is 19.1 Å². The van der Waals surface area contributed by atoms with Gasteiger partial charge in [-0.2, -0.15) is 0 Å². The van der Waals surface area contributed by atoms with Gasteiger partial charge in [0.05, 0.1) is 5.69 Å². The molecule has 3 atom stereocenters. The van der Waals surface area contributed by atoms with E-state index in [0.29, 0.717) is 23.3 Å². The Hall–Kier alpha value is -2.04. The van der Waals surface area contributed by atoms with Gasteiger partial charge in [0.25, 0.3) is 5.91 Å². The Morgan fingerprint density at radius 1 is 1.22 bits per heavy atom. The SMILES string of the molecule is CC(=O)Nc1ccccc1O[C@H](C)C(=O)N1C[C@H](C)C[C@H](C)C1. The monoisotopic (exact) mass is 318 g/mol. The smallest absolute Gasteiger partial charge is 0.263 e. The zero-order chi connectivity index (χ0) is 17.0. The zero-order valence-corrected chi connectivity index (χ0v) is 14.3. The van der Waals surface area contributed by atoms with E-state index in [-0.39, 0.29) is 11.8 Å². The first-order chi connectivity index (χ1) is 10.9. The van der Waals surface area contributed by atoms with Crippen LogP contribution in [0, 0.1) is 11.8 Å². The number of para-hydroxylation sites is 2. The summed E-state index contributed by atoms with van der Waals surface area (Å²) in [6, 6.07) is 7.16. The molecule has 0 aromatic heterocycles. The average molecular weight is 318 g/mol. The highest BCUT2D eigenvalue weighted by Gasteiger charge is 2.29. The van der Waals surface area contributed by atoms with Crippen LogP contribution in [0.3, 0.4) is 0 Å². The molecule has 1 aliphatic heterocycles. The van der Waals surface area contributed by atoms with Crippen molar-refractivity contribution in [2.45, 2.75) is 40.2 Å². The van der Waals surface area contributed by atoms with Crippen LogP contribution in [-0.2, 0) is 9.59 Å². The fraction of sp³-hybridized carbons (Fsp3) is 0.556. The lowest BCUT2D eigenvalue weighted by molar-refractivity contribution is -0.140. The molecule has 23 heavy (non-hydrogen) atoms. The van der Waals surface area contributed by atoms with Gasteiger partial charge in [0, 0.05) is 20.0 Å².